The minimum absolute atomic E-state index is 0.271. The molecule has 3 nitrogen and oxygen atoms in total. The van der Waals surface area contributed by atoms with Crippen LogP contribution in [-0.2, 0) is 11.2 Å². The van der Waals surface area contributed by atoms with Gasteiger partial charge in [0.1, 0.15) is 0 Å². The topological polar surface area (TPSA) is 32.7 Å². The second kappa shape index (κ2) is 7.30. The number of benzene rings is 1. The Morgan fingerprint density at radius 1 is 1.33 bits per heavy atom. The van der Waals surface area contributed by atoms with Crippen LogP contribution < -0.4 is 0 Å². The molecule has 0 amide bonds. The van der Waals surface area contributed by atoms with E-state index in [-0.39, 0.29) is 5.54 Å². The molecule has 1 aromatic rings. The lowest BCUT2D eigenvalue weighted by molar-refractivity contribution is -0.0714. The van der Waals surface area contributed by atoms with Crippen LogP contribution in [0.5, 0.6) is 0 Å². The first kappa shape index (κ1) is 17.0. The maximum Gasteiger partial charge on any atom is 0.0761 e. The third-order valence-electron chi connectivity index (χ3n) is 4.60. The lowest BCUT2D eigenvalue weighted by Crippen LogP contribution is -2.58. The largest absolute Gasteiger partial charge is 0.391 e. The van der Waals surface area contributed by atoms with Gasteiger partial charge in [-0.1, -0.05) is 36.2 Å². The predicted octanol–water partition coefficient (Wildman–Crippen LogP) is 3.40. The molecule has 0 aromatic heterocycles. The molecule has 1 aliphatic rings. The van der Waals surface area contributed by atoms with Gasteiger partial charge in [0.25, 0.3) is 0 Å². The number of aliphatic hydroxyl groups excluding tert-OH is 1. The molecule has 1 aromatic carbocycles. The summed E-state index contributed by atoms with van der Waals surface area (Å²) in [6.45, 7) is 7.40. The van der Waals surface area contributed by atoms with Crippen molar-refractivity contribution in [3.05, 3.63) is 33.8 Å². The molecule has 1 aliphatic heterocycles. The van der Waals surface area contributed by atoms with Gasteiger partial charge in [0, 0.05) is 35.1 Å². The molecule has 2 atom stereocenters. The predicted molar refractivity (Wildman–Crippen MR) is 87.3 cm³/mol. The molecule has 5 heteroatoms. The SMILES string of the molecule is CCC(C)(C(O)Cc1ccc(Cl)cc1Cl)N1CCOCC1. The minimum atomic E-state index is -0.487. The van der Waals surface area contributed by atoms with Crippen molar-refractivity contribution in [3.8, 4) is 0 Å². The highest BCUT2D eigenvalue weighted by atomic mass is 35.5. The van der Waals surface area contributed by atoms with Crippen molar-refractivity contribution in [1.29, 1.82) is 0 Å². The number of nitrogens with zero attached hydrogens (tertiary/aromatic N) is 1. The van der Waals surface area contributed by atoms with Gasteiger partial charge in [-0.15, -0.1) is 0 Å². The van der Waals surface area contributed by atoms with Crippen LogP contribution in [0.1, 0.15) is 25.8 Å². The van der Waals surface area contributed by atoms with E-state index in [4.69, 9.17) is 27.9 Å². The highest BCUT2D eigenvalue weighted by Crippen LogP contribution is 2.29. The monoisotopic (exact) mass is 331 g/mol. The Kier molecular flexibility index (Phi) is 5.92. The molecule has 1 fully saturated rings. The summed E-state index contributed by atoms with van der Waals surface area (Å²) in [6.07, 6.45) is 0.913. The Morgan fingerprint density at radius 2 is 2.00 bits per heavy atom. The summed E-state index contributed by atoms with van der Waals surface area (Å²) in [6, 6.07) is 5.43. The molecule has 1 heterocycles. The van der Waals surface area contributed by atoms with E-state index in [0.29, 0.717) is 16.5 Å². The van der Waals surface area contributed by atoms with Gasteiger partial charge in [-0.05, 0) is 31.0 Å². The van der Waals surface area contributed by atoms with Crippen molar-refractivity contribution in [3.63, 3.8) is 0 Å². The third kappa shape index (κ3) is 3.91. The van der Waals surface area contributed by atoms with Gasteiger partial charge in [-0.25, -0.2) is 0 Å². The molecule has 118 valence electrons. The molecule has 2 unspecified atom stereocenters. The summed E-state index contributed by atoms with van der Waals surface area (Å²) in [7, 11) is 0. The lowest BCUT2D eigenvalue weighted by Gasteiger charge is -2.46. The number of aliphatic hydroxyl groups is 1. The Hall–Kier alpha value is -0.320. The molecule has 0 bridgehead atoms. The first-order chi connectivity index (χ1) is 9.97. The molecule has 0 saturated carbocycles. The van der Waals surface area contributed by atoms with Gasteiger partial charge >= 0.3 is 0 Å². The Morgan fingerprint density at radius 3 is 2.57 bits per heavy atom. The van der Waals surface area contributed by atoms with Crippen LogP contribution in [0.25, 0.3) is 0 Å². The zero-order valence-corrected chi connectivity index (χ0v) is 14.1. The zero-order valence-electron chi connectivity index (χ0n) is 12.6. The maximum absolute atomic E-state index is 10.8. The molecule has 1 N–H and O–H groups in total. The fraction of sp³-hybridized carbons (Fsp3) is 0.625. The van der Waals surface area contributed by atoms with E-state index in [2.05, 4.69) is 18.7 Å². The summed E-state index contributed by atoms with van der Waals surface area (Å²) < 4.78 is 5.41. The Labute approximate surface area is 136 Å². The van der Waals surface area contributed by atoms with Gasteiger partial charge in [-0.2, -0.15) is 0 Å². The van der Waals surface area contributed by atoms with Gasteiger partial charge < -0.3 is 9.84 Å². The van der Waals surface area contributed by atoms with Crippen LogP contribution in [0.2, 0.25) is 10.0 Å². The number of halogens is 2. The maximum atomic E-state index is 10.8. The van der Waals surface area contributed by atoms with Gasteiger partial charge in [0.05, 0.1) is 19.3 Å². The standard InChI is InChI=1S/C16H23Cl2NO2/c1-3-16(2,19-6-8-21-9-7-19)15(20)10-12-4-5-13(17)11-14(12)18/h4-5,11,15,20H,3,6-10H2,1-2H3. The fourth-order valence-electron chi connectivity index (χ4n) is 2.86. The second-order valence-corrected chi connectivity index (χ2v) is 6.61. The summed E-state index contributed by atoms with van der Waals surface area (Å²) in [4.78, 5) is 2.32. The molecule has 0 spiro atoms. The fourth-order valence-corrected chi connectivity index (χ4v) is 3.35. The number of hydrogen-bond donors (Lipinski definition) is 1. The molecule has 2 rings (SSSR count). The molecule has 0 radical (unpaired) electrons. The van der Waals surface area contributed by atoms with Crippen LogP contribution in [0, 0.1) is 0 Å². The van der Waals surface area contributed by atoms with Crippen LogP contribution in [-0.4, -0.2) is 48.0 Å². The quantitative estimate of drug-likeness (QED) is 0.897. The highest BCUT2D eigenvalue weighted by Gasteiger charge is 2.38. The van der Waals surface area contributed by atoms with Crippen molar-refractivity contribution >= 4 is 23.2 Å². The van der Waals surface area contributed by atoms with E-state index in [1.807, 2.05) is 12.1 Å². The number of rotatable bonds is 5. The normalized spacial score (nSPS) is 21.0. The third-order valence-corrected chi connectivity index (χ3v) is 5.18. The van der Waals surface area contributed by atoms with Crippen molar-refractivity contribution in [2.24, 2.45) is 0 Å². The first-order valence-corrected chi connectivity index (χ1v) is 8.17. The van der Waals surface area contributed by atoms with Crippen LogP contribution >= 0.6 is 23.2 Å². The molecule has 0 aliphatic carbocycles. The van der Waals surface area contributed by atoms with Gasteiger partial charge in [0.15, 0.2) is 0 Å². The average molecular weight is 332 g/mol. The van der Waals surface area contributed by atoms with Crippen molar-refractivity contribution in [2.45, 2.75) is 38.3 Å². The zero-order chi connectivity index (χ0) is 15.5. The van der Waals surface area contributed by atoms with Crippen LogP contribution in [0.4, 0.5) is 0 Å². The van der Waals surface area contributed by atoms with Crippen LogP contribution in [0.3, 0.4) is 0 Å². The minimum Gasteiger partial charge on any atom is -0.391 e. The number of ether oxygens (including phenoxy) is 1. The number of morpholine rings is 1. The van der Waals surface area contributed by atoms with Crippen molar-refractivity contribution < 1.29 is 9.84 Å². The average Bonchev–Trinajstić information content (AvgIpc) is 2.50. The van der Waals surface area contributed by atoms with Gasteiger partial charge in [0.2, 0.25) is 0 Å². The summed E-state index contributed by atoms with van der Waals surface area (Å²) in [5.41, 5.74) is 0.661. The van der Waals surface area contributed by atoms with E-state index in [0.717, 1.165) is 38.3 Å². The lowest BCUT2D eigenvalue weighted by atomic mass is 9.85. The Balaban J connectivity index is 2.13. The van der Waals surface area contributed by atoms with E-state index < -0.39 is 6.10 Å². The second-order valence-electron chi connectivity index (χ2n) is 5.77. The number of hydrogen-bond acceptors (Lipinski definition) is 3. The van der Waals surface area contributed by atoms with Crippen LogP contribution in [0.15, 0.2) is 18.2 Å². The molecule has 21 heavy (non-hydrogen) atoms. The molecular formula is C16H23Cl2NO2. The molecule has 1 saturated heterocycles. The summed E-state index contributed by atoms with van der Waals surface area (Å²) in [5, 5.41) is 12.0. The van der Waals surface area contributed by atoms with Gasteiger partial charge in [-0.3, -0.25) is 4.90 Å². The summed E-state index contributed by atoms with van der Waals surface area (Å²) in [5.74, 6) is 0. The highest BCUT2D eigenvalue weighted by molar-refractivity contribution is 6.35. The van der Waals surface area contributed by atoms with E-state index in [1.54, 1.807) is 6.07 Å². The summed E-state index contributed by atoms with van der Waals surface area (Å²) >= 11 is 12.1. The Bertz CT molecular complexity index is 477. The smallest absolute Gasteiger partial charge is 0.0761 e. The van der Waals surface area contributed by atoms with E-state index in [1.165, 1.54) is 0 Å². The molecular weight excluding hydrogens is 309 g/mol. The van der Waals surface area contributed by atoms with E-state index >= 15 is 0 Å². The van der Waals surface area contributed by atoms with E-state index in [9.17, 15) is 5.11 Å². The van der Waals surface area contributed by atoms with Crippen molar-refractivity contribution in [2.75, 3.05) is 26.3 Å². The first-order valence-electron chi connectivity index (χ1n) is 7.42. The van der Waals surface area contributed by atoms with Crippen molar-refractivity contribution in [1.82, 2.24) is 4.90 Å².